The van der Waals surface area contributed by atoms with Crippen LogP contribution >= 0.6 is 7.82 Å². The Kier molecular flexibility index (Phi) is 3.71. The summed E-state index contributed by atoms with van der Waals surface area (Å²) < 4.78 is 14.8. The third kappa shape index (κ3) is 3.89. The van der Waals surface area contributed by atoms with Gasteiger partial charge in [0.15, 0.2) is 11.5 Å². The van der Waals surface area contributed by atoms with Crippen LogP contribution in [0, 0.1) is 0 Å². The van der Waals surface area contributed by atoms with Gasteiger partial charge in [0, 0.05) is 0 Å². The molecule has 0 amide bonds. The van der Waals surface area contributed by atoms with Gasteiger partial charge in [-0.05, 0) is 30.7 Å². The van der Waals surface area contributed by atoms with Crippen LogP contribution in [0.2, 0.25) is 0 Å². The van der Waals surface area contributed by atoms with Crippen molar-refractivity contribution in [2.75, 3.05) is 6.54 Å². The smallest absolute Gasteiger partial charge is 0.504 e. The molecule has 1 rings (SSSR count). The summed E-state index contributed by atoms with van der Waals surface area (Å²) in [4.78, 5) is 17.1. The van der Waals surface area contributed by atoms with Gasteiger partial charge < -0.3 is 15.4 Å². The summed E-state index contributed by atoms with van der Waals surface area (Å²) in [6.07, 6.45) is 0.573. The molecule has 0 heterocycles. The molecule has 7 heteroatoms. The monoisotopic (exact) mass is 233 g/mol. The summed E-state index contributed by atoms with van der Waals surface area (Å²) in [6.45, 7) is 0.429. The zero-order valence-electron chi connectivity index (χ0n) is 7.83. The van der Waals surface area contributed by atoms with E-state index < -0.39 is 7.82 Å². The molecule has 0 saturated heterocycles. The molecule has 0 aliphatic heterocycles. The topological polar surface area (TPSA) is 113 Å². The number of nitrogens with two attached hydrogens (primary N) is 1. The van der Waals surface area contributed by atoms with Gasteiger partial charge in [-0.15, -0.1) is 0 Å². The zero-order valence-corrected chi connectivity index (χ0v) is 8.72. The summed E-state index contributed by atoms with van der Waals surface area (Å²) in [7, 11) is -4.63. The third-order valence-corrected chi connectivity index (χ3v) is 2.11. The standard InChI is InChI=1S/C8H12NO5P/c9-4-3-6-1-2-8(7(10)5-6)14-15(11,12)13/h1-2,5,10H,3-4,9H2,(H2,11,12,13). The van der Waals surface area contributed by atoms with Crippen molar-refractivity contribution in [3.8, 4) is 11.5 Å². The van der Waals surface area contributed by atoms with E-state index in [9.17, 15) is 9.67 Å². The molecule has 0 aliphatic rings. The minimum Gasteiger partial charge on any atom is -0.504 e. The van der Waals surface area contributed by atoms with Gasteiger partial charge in [-0.2, -0.15) is 0 Å². The Hall–Kier alpha value is -1.07. The fourth-order valence-corrected chi connectivity index (χ4v) is 1.50. The van der Waals surface area contributed by atoms with Crippen molar-refractivity contribution < 1.29 is 24.0 Å². The number of benzene rings is 1. The first-order valence-corrected chi connectivity index (χ1v) is 5.72. The highest BCUT2D eigenvalue weighted by molar-refractivity contribution is 7.46. The molecule has 15 heavy (non-hydrogen) atoms. The quantitative estimate of drug-likeness (QED) is 0.558. The summed E-state index contributed by atoms with van der Waals surface area (Å²) in [5.41, 5.74) is 6.08. The van der Waals surface area contributed by atoms with Gasteiger partial charge in [-0.3, -0.25) is 9.79 Å². The summed E-state index contributed by atoms with van der Waals surface area (Å²) >= 11 is 0. The predicted molar refractivity (Wildman–Crippen MR) is 53.5 cm³/mol. The first-order chi connectivity index (χ1) is 6.92. The molecular formula is C8H12NO5P. The van der Waals surface area contributed by atoms with Crippen LogP contribution in [0.3, 0.4) is 0 Å². The Balaban J connectivity index is 2.88. The first-order valence-electron chi connectivity index (χ1n) is 4.19. The van der Waals surface area contributed by atoms with Crippen LogP contribution < -0.4 is 10.3 Å². The van der Waals surface area contributed by atoms with E-state index in [2.05, 4.69) is 4.52 Å². The lowest BCUT2D eigenvalue weighted by Gasteiger charge is -2.09. The number of phenols is 1. The predicted octanol–water partition coefficient (Wildman–Crippen LogP) is 0.365. The van der Waals surface area contributed by atoms with E-state index in [0.717, 1.165) is 5.56 Å². The van der Waals surface area contributed by atoms with Crippen molar-refractivity contribution in [2.24, 2.45) is 5.73 Å². The van der Waals surface area contributed by atoms with E-state index >= 15 is 0 Å². The molecule has 0 spiro atoms. The highest BCUT2D eigenvalue weighted by Gasteiger charge is 2.18. The van der Waals surface area contributed by atoms with Crippen LogP contribution in [-0.4, -0.2) is 21.4 Å². The van der Waals surface area contributed by atoms with Crippen LogP contribution in [0.5, 0.6) is 11.5 Å². The third-order valence-electron chi connectivity index (χ3n) is 1.67. The second-order valence-corrected chi connectivity index (χ2v) is 4.09. The van der Waals surface area contributed by atoms with Crippen LogP contribution in [0.4, 0.5) is 0 Å². The van der Waals surface area contributed by atoms with Crippen LogP contribution in [-0.2, 0) is 11.0 Å². The molecular weight excluding hydrogens is 221 g/mol. The molecule has 0 bridgehead atoms. The second-order valence-electron chi connectivity index (χ2n) is 2.92. The maximum Gasteiger partial charge on any atom is 0.524 e. The van der Waals surface area contributed by atoms with E-state index in [1.165, 1.54) is 12.1 Å². The lowest BCUT2D eigenvalue weighted by molar-refractivity contribution is 0.277. The Morgan fingerprint density at radius 3 is 2.53 bits per heavy atom. The highest BCUT2D eigenvalue weighted by Crippen LogP contribution is 2.41. The van der Waals surface area contributed by atoms with Crippen LogP contribution in [0.15, 0.2) is 18.2 Å². The summed E-state index contributed by atoms with van der Waals surface area (Å²) in [5, 5.41) is 9.37. The Morgan fingerprint density at radius 1 is 1.40 bits per heavy atom. The van der Waals surface area contributed by atoms with Gasteiger partial charge in [0.1, 0.15) is 0 Å². The van der Waals surface area contributed by atoms with Gasteiger partial charge >= 0.3 is 7.82 Å². The fourth-order valence-electron chi connectivity index (χ4n) is 1.09. The molecule has 0 saturated carbocycles. The Morgan fingerprint density at radius 2 is 2.07 bits per heavy atom. The number of hydrogen-bond acceptors (Lipinski definition) is 4. The number of phenolic OH excluding ortho intramolecular Hbond substituents is 1. The molecule has 6 nitrogen and oxygen atoms in total. The molecule has 0 fully saturated rings. The van der Waals surface area contributed by atoms with Crippen molar-refractivity contribution in [3.05, 3.63) is 23.8 Å². The van der Waals surface area contributed by atoms with E-state index in [1.54, 1.807) is 6.07 Å². The maximum absolute atomic E-state index is 10.5. The van der Waals surface area contributed by atoms with E-state index in [4.69, 9.17) is 15.5 Å². The van der Waals surface area contributed by atoms with Crippen molar-refractivity contribution in [3.63, 3.8) is 0 Å². The van der Waals surface area contributed by atoms with Crippen molar-refractivity contribution >= 4 is 7.82 Å². The zero-order chi connectivity index (χ0) is 11.5. The van der Waals surface area contributed by atoms with Gasteiger partial charge in [0.2, 0.25) is 0 Å². The van der Waals surface area contributed by atoms with Crippen LogP contribution in [0.1, 0.15) is 5.56 Å². The van der Waals surface area contributed by atoms with E-state index in [-0.39, 0.29) is 11.5 Å². The molecule has 0 aromatic heterocycles. The first kappa shape index (κ1) is 12.0. The van der Waals surface area contributed by atoms with Crippen molar-refractivity contribution in [1.29, 1.82) is 0 Å². The average molecular weight is 233 g/mol. The van der Waals surface area contributed by atoms with Gasteiger partial charge in [0.05, 0.1) is 0 Å². The van der Waals surface area contributed by atoms with Crippen molar-refractivity contribution in [1.82, 2.24) is 0 Å². The molecule has 0 radical (unpaired) electrons. The molecule has 5 N–H and O–H groups in total. The number of aromatic hydroxyl groups is 1. The number of phosphoric ester groups is 1. The highest BCUT2D eigenvalue weighted by atomic mass is 31.2. The lowest BCUT2D eigenvalue weighted by Crippen LogP contribution is -2.02. The normalized spacial score (nSPS) is 11.4. The molecule has 1 aromatic carbocycles. The number of phosphoric acid groups is 1. The van der Waals surface area contributed by atoms with E-state index in [1.807, 2.05) is 0 Å². The fraction of sp³-hybridized carbons (Fsp3) is 0.250. The molecule has 0 atom stereocenters. The summed E-state index contributed by atoms with van der Waals surface area (Å²) in [5.74, 6) is -0.562. The Labute approximate surface area is 86.5 Å². The molecule has 0 unspecified atom stereocenters. The van der Waals surface area contributed by atoms with Gasteiger partial charge in [-0.25, -0.2) is 4.57 Å². The van der Waals surface area contributed by atoms with Gasteiger partial charge in [-0.1, -0.05) is 6.07 Å². The average Bonchev–Trinajstić information content (AvgIpc) is 2.08. The molecule has 1 aromatic rings. The lowest BCUT2D eigenvalue weighted by atomic mass is 10.1. The van der Waals surface area contributed by atoms with Crippen molar-refractivity contribution in [2.45, 2.75) is 6.42 Å². The Bertz CT molecular complexity index is 389. The largest absolute Gasteiger partial charge is 0.524 e. The molecule has 0 aliphatic carbocycles. The minimum atomic E-state index is -4.63. The second kappa shape index (κ2) is 4.63. The van der Waals surface area contributed by atoms with E-state index in [0.29, 0.717) is 13.0 Å². The minimum absolute atomic E-state index is 0.246. The maximum atomic E-state index is 10.5. The molecule has 84 valence electrons. The van der Waals surface area contributed by atoms with Gasteiger partial charge in [0.25, 0.3) is 0 Å². The number of rotatable bonds is 4. The van der Waals surface area contributed by atoms with Crippen LogP contribution in [0.25, 0.3) is 0 Å². The number of hydrogen-bond donors (Lipinski definition) is 4. The SMILES string of the molecule is NCCc1ccc(OP(=O)(O)O)c(O)c1. The summed E-state index contributed by atoms with van der Waals surface area (Å²) in [6, 6.07) is 4.23.